The molecular formula is C14H15F3N4O4S. The first-order chi connectivity index (χ1) is 12.0. The largest absolute Gasteiger partial charge is 0.573 e. The molecule has 0 aliphatic carbocycles. The molecule has 1 N–H and O–H groups in total. The summed E-state index contributed by atoms with van der Waals surface area (Å²) < 4.78 is 72.3. The fraction of sp³-hybridized carbons (Fsp3) is 0.286. The van der Waals surface area contributed by atoms with E-state index >= 15 is 0 Å². The van der Waals surface area contributed by atoms with Gasteiger partial charge >= 0.3 is 12.4 Å². The summed E-state index contributed by atoms with van der Waals surface area (Å²) in [4.78, 5) is 9.17. The van der Waals surface area contributed by atoms with Crippen molar-refractivity contribution >= 4 is 21.5 Å². The summed E-state index contributed by atoms with van der Waals surface area (Å²) in [6.07, 6.45) is -3.64. The number of benzene rings is 1. The fourth-order valence-electron chi connectivity index (χ4n) is 1.89. The number of hydrogen-bond acceptors (Lipinski definition) is 7. The van der Waals surface area contributed by atoms with Crippen LogP contribution in [0.15, 0.2) is 35.4 Å². The molecule has 0 amide bonds. The lowest BCUT2D eigenvalue weighted by Crippen LogP contribution is -2.19. The molecule has 1 heterocycles. The van der Waals surface area contributed by atoms with E-state index < -0.39 is 22.1 Å². The predicted octanol–water partition coefficient (Wildman–Crippen LogP) is 2.25. The summed E-state index contributed by atoms with van der Waals surface area (Å²) in [6.45, 7) is 0. The number of methoxy groups -OCH3 is 1. The van der Waals surface area contributed by atoms with Crippen LogP contribution in [0.5, 0.6) is 11.8 Å². The summed E-state index contributed by atoms with van der Waals surface area (Å²) >= 11 is 0. The monoisotopic (exact) mass is 392 g/mol. The molecule has 2 rings (SSSR count). The molecule has 0 saturated carbocycles. The van der Waals surface area contributed by atoms with Crippen LogP contribution in [-0.4, -0.2) is 46.0 Å². The molecule has 0 unspecified atom stereocenters. The van der Waals surface area contributed by atoms with Gasteiger partial charge in [-0.1, -0.05) is 0 Å². The van der Waals surface area contributed by atoms with Gasteiger partial charge in [-0.25, -0.2) is 13.4 Å². The Balaban J connectivity index is 2.29. The minimum Gasteiger partial charge on any atom is -0.467 e. The predicted molar refractivity (Wildman–Crippen MR) is 86.8 cm³/mol. The molecule has 2 aromatic rings. The zero-order valence-corrected chi connectivity index (χ0v) is 14.7. The number of alkyl halides is 3. The molecule has 0 atom stereocenters. The van der Waals surface area contributed by atoms with Crippen LogP contribution in [0.3, 0.4) is 0 Å². The van der Waals surface area contributed by atoms with Crippen molar-refractivity contribution in [3.8, 4) is 11.8 Å². The molecule has 26 heavy (non-hydrogen) atoms. The molecular weight excluding hydrogens is 377 g/mol. The Labute approximate surface area is 147 Å². The summed E-state index contributed by atoms with van der Waals surface area (Å²) in [5.74, 6) is -0.282. The van der Waals surface area contributed by atoms with Gasteiger partial charge in [0.15, 0.2) is 5.82 Å². The van der Waals surface area contributed by atoms with Gasteiger partial charge in [0.1, 0.15) is 11.4 Å². The van der Waals surface area contributed by atoms with Crippen molar-refractivity contribution in [3.63, 3.8) is 0 Å². The molecule has 0 aliphatic rings. The number of nitrogens with zero attached hydrogens (tertiary/aromatic N) is 3. The second-order valence-electron chi connectivity index (χ2n) is 5.11. The van der Waals surface area contributed by atoms with Gasteiger partial charge in [0, 0.05) is 14.1 Å². The van der Waals surface area contributed by atoms with Gasteiger partial charge in [-0.05, 0) is 24.3 Å². The minimum atomic E-state index is -4.86. The number of ether oxygens (including phenoxy) is 2. The first kappa shape index (κ1) is 19.6. The number of halogens is 3. The number of rotatable bonds is 6. The molecule has 12 heteroatoms. The van der Waals surface area contributed by atoms with E-state index in [4.69, 9.17) is 4.74 Å². The Morgan fingerprint density at radius 2 is 1.77 bits per heavy atom. The first-order valence-corrected chi connectivity index (χ1v) is 8.47. The highest BCUT2D eigenvalue weighted by Gasteiger charge is 2.31. The number of sulfonamides is 1. The van der Waals surface area contributed by atoms with Crippen LogP contribution in [-0.2, 0) is 10.0 Å². The minimum absolute atomic E-state index is 0.0466. The van der Waals surface area contributed by atoms with E-state index in [9.17, 15) is 21.6 Å². The lowest BCUT2D eigenvalue weighted by atomic mass is 10.3. The average Bonchev–Trinajstić information content (AvgIpc) is 2.53. The van der Waals surface area contributed by atoms with Crippen LogP contribution in [0.4, 0.5) is 24.7 Å². The van der Waals surface area contributed by atoms with Gasteiger partial charge in [0.25, 0.3) is 10.0 Å². The number of hydrogen-bond donors (Lipinski definition) is 1. The smallest absolute Gasteiger partial charge is 0.467 e. The van der Waals surface area contributed by atoms with E-state index in [1.54, 1.807) is 19.0 Å². The number of nitrogens with one attached hydrogen (secondary N) is 1. The molecule has 8 nitrogen and oxygen atoms in total. The summed E-state index contributed by atoms with van der Waals surface area (Å²) in [5.41, 5.74) is 0.0754. The SMILES string of the molecule is COc1ncc(NS(=O)(=O)c2ccc(OC(F)(F)F)cc2)c(N(C)C)n1. The molecule has 0 bridgehead atoms. The Hall–Kier alpha value is -2.76. The van der Waals surface area contributed by atoms with E-state index in [1.807, 2.05) is 0 Å². The summed E-state index contributed by atoms with van der Waals surface area (Å²) in [7, 11) is 0.564. The van der Waals surface area contributed by atoms with Gasteiger partial charge in [-0.3, -0.25) is 4.72 Å². The first-order valence-electron chi connectivity index (χ1n) is 6.99. The maximum absolute atomic E-state index is 12.4. The highest BCUT2D eigenvalue weighted by atomic mass is 32.2. The third kappa shape index (κ3) is 4.88. The van der Waals surface area contributed by atoms with Crippen molar-refractivity contribution in [1.29, 1.82) is 0 Å². The van der Waals surface area contributed by atoms with Crippen molar-refractivity contribution < 1.29 is 31.1 Å². The topological polar surface area (TPSA) is 93.6 Å². The zero-order chi connectivity index (χ0) is 19.5. The van der Waals surface area contributed by atoms with Crippen molar-refractivity contribution in [2.24, 2.45) is 0 Å². The van der Waals surface area contributed by atoms with Gasteiger partial charge in [-0.2, -0.15) is 4.98 Å². The van der Waals surface area contributed by atoms with Gasteiger partial charge < -0.3 is 14.4 Å². The van der Waals surface area contributed by atoms with Gasteiger partial charge in [0.2, 0.25) is 0 Å². The van der Waals surface area contributed by atoms with Crippen LogP contribution in [0.2, 0.25) is 0 Å². The van der Waals surface area contributed by atoms with Gasteiger partial charge in [0.05, 0.1) is 18.2 Å². The van der Waals surface area contributed by atoms with E-state index in [0.717, 1.165) is 24.3 Å². The fourth-order valence-corrected chi connectivity index (χ4v) is 2.94. The quantitative estimate of drug-likeness (QED) is 0.806. The van der Waals surface area contributed by atoms with Crippen molar-refractivity contribution in [3.05, 3.63) is 30.5 Å². The highest BCUT2D eigenvalue weighted by Crippen LogP contribution is 2.27. The Bertz CT molecular complexity index is 871. The number of anilines is 2. The maximum Gasteiger partial charge on any atom is 0.573 e. The molecule has 0 aliphatic heterocycles. The van der Waals surface area contributed by atoms with Crippen molar-refractivity contribution in [2.75, 3.05) is 30.8 Å². The lowest BCUT2D eigenvalue weighted by molar-refractivity contribution is -0.274. The molecule has 142 valence electrons. The van der Waals surface area contributed by atoms with Crippen LogP contribution in [0, 0.1) is 0 Å². The van der Waals surface area contributed by atoms with Crippen LogP contribution in [0.1, 0.15) is 0 Å². The second kappa shape index (κ2) is 7.23. The maximum atomic E-state index is 12.4. The Morgan fingerprint density at radius 3 is 2.27 bits per heavy atom. The lowest BCUT2D eigenvalue weighted by Gasteiger charge is -2.17. The third-order valence-electron chi connectivity index (χ3n) is 2.96. The average molecular weight is 392 g/mol. The van der Waals surface area contributed by atoms with E-state index in [1.165, 1.54) is 13.3 Å². The molecule has 0 fully saturated rings. The Kier molecular flexibility index (Phi) is 5.44. The van der Waals surface area contributed by atoms with Crippen LogP contribution >= 0.6 is 0 Å². The molecule has 1 aromatic carbocycles. The van der Waals surface area contributed by atoms with E-state index in [-0.39, 0.29) is 22.4 Å². The van der Waals surface area contributed by atoms with Crippen molar-refractivity contribution in [1.82, 2.24) is 9.97 Å². The molecule has 1 aromatic heterocycles. The van der Waals surface area contributed by atoms with E-state index in [0.29, 0.717) is 0 Å². The zero-order valence-electron chi connectivity index (χ0n) is 13.9. The number of aromatic nitrogens is 2. The van der Waals surface area contributed by atoms with Crippen LogP contribution < -0.4 is 19.1 Å². The molecule has 0 spiro atoms. The molecule has 0 radical (unpaired) electrons. The second-order valence-corrected chi connectivity index (χ2v) is 6.80. The normalized spacial score (nSPS) is 11.8. The van der Waals surface area contributed by atoms with Crippen LogP contribution in [0.25, 0.3) is 0 Å². The van der Waals surface area contributed by atoms with E-state index in [2.05, 4.69) is 19.4 Å². The van der Waals surface area contributed by atoms with Gasteiger partial charge in [-0.15, -0.1) is 13.2 Å². The summed E-state index contributed by atoms with van der Waals surface area (Å²) in [5, 5.41) is 0. The van der Waals surface area contributed by atoms with Crippen molar-refractivity contribution in [2.45, 2.75) is 11.3 Å². The standard InChI is InChI=1S/C14H15F3N4O4S/c1-21(2)12-11(8-18-13(19-12)24-3)20-26(22,23)10-6-4-9(5-7-10)25-14(15,16)17/h4-8,20H,1-3H3. The summed E-state index contributed by atoms with van der Waals surface area (Å²) in [6, 6.07) is 3.83. The molecule has 0 saturated heterocycles. The highest BCUT2D eigenvalue weighted by molar-refractivity contribution is 7.92. The third-order valence-corrected chi connectivity index (χ3v) is 4.35. The Morgan fingerprint density at radius 1 is 1.15 bits per heavy atom.